The molecule has 0 spiro atoms. The summed E-state index contributed by atoms with van der Waals surface area (Å²) in [6.07, 6.45) is -1.09. The molecule has 0 radical (unpaired) electrons. The van der Waals surface area contributed by atoms with E-state index in [1.54, 1.807) is 18.2 Å². The monoisotopic (exact) mass is 409 g/mol. The number of nitrogens with one attached hydrogen (secondary N) is 3. The number of carboxylic acids is 1. The molecule has 2 atom stereocenters. The van der Waals surface area contributed by atoms with Gasteiger partial charge in [0.05, 0.1) is 23.1 Å². The van der Waals surface area contributed by atoms with E-state index in [1.807, 2.05) is 24.3 Å². The zero-order chi connectivity index (χ0) is 21.3. The molecule has 0 bridgehead atoms. The first kappa shape index (κ1) is 19.4. The summed E-state index contributed by atoms with van der Waals surface area (Å²) in [5.41, 5.74) is 8.10. The van der Waals surface area contributed by atoms with Crippen molar-refractivity contribution < 1.29 is 24.2 Å². The van der Waals surface area contributed by atoms with Crippen LogP contribution in [-0.4, -0.2) is 45.0 Å². The Labute approximate surface area is 170 Å². The van der Waals surface area contributed by atoms with Gasteiger partial charge < -0.3 is 25.9 Å². The van der Waals surface area contributed by atoms with E-state index >= 15 is 0 Å². The van der Waals surface area contributed by atoms with Gasteiger partial charge in [-0.25, -0.2) is 4.98 Å². The first-order valence-corrected chi connectivity index (χ1v) is 9.22. The second-order valence-corrected chi connectivity index (χ2v) is 6.93. The summed E-state index contributed by atoms with van der Waals surface area (Å²) in [6.45, 7) is 0. The number of para-hydroxylation sites is 2. The van der Waals surface area contributed by atoms with Gasteiger partial charge in [0, 0.05) is 0 Å². The highest BCUT2D eigenvalue weighted by Crippen LogP contribution is 2.31. The zero-order valence-electron chi connectivity index (χ0n) is 15.7. The number of anilines is 2. The minimum absolute atomic E-state index is 0.113. The van der Waals surface area contributed by atoms with Crippen LogP contribution in [0.25, 0.3) is 11.0 Å². The van der Waals surface area contributed by atoms with Gasteiger partial charge in [0.2, 0.25) is 11.9 Å². The average molecular weight is 409 g/mol. The minimum atomic E-state index is -1.11. The van der Waals surface area contributed by atoms with Crippen molar-refractivity contribution in [3.05, 3.63) is 48.0 Å². The fourth-order valence-electron chi connectivity index (χ4n) is 3.16. The molecule has 10 nitrogen and oxygen atoms in total. The number of carbonyl (C=O) groups excluding carboxylic acids is 2. The maximum atomic E-state index is 12.4. The molecule has 0 saturated heterocycles. The highest BCUT2D eigenvalue weighted by Gasteiger charge is 2.30. The second kappa shape index (κ2) is 7.84. The lowest BCUT2D eigenvalue weighted by atomic mass is 10.0. The number of ether oxygens (including phenoxy) is 1. The van der Waals surface area contributed by atoms with E-state index in [2.05, 4.69) is 20.6 Å². The molecule has 6 N–H and O–H groups in total. The summed E-state index contributed by atoms with van der Waals surface area (Å²) < 4.78 is 5.67. The zero-order valence-corrected chi connectivity index (χ0v) is 15.7. The van der Waals surface area contributed by atoms with Gasteiger partial charge in [-0.1, -0.05) is 18.2 Å². The van der Waals surface area contributed by atoms with Crippen LogP contribution in [0.2, 0.25) is 0 Å². The average Bonchev–Trinajstić information content (AvgIpc) is 3.10. The standard InChI is InChI=1S/C20H19N5O5/c21-11(19(28)29)7-10-5-6-15-14(8-10)22-18(27)16(30-15)9-17(26)25-20-23-12-3-1-2-4-13(12)24-20/h1-6,8,11,16H,7,9,21H2,(H,22,27)(H,28,29)(H2,23,24,25,26)/t11-,16?/m0/s1. The van der Waals surface area contributed by atoms with E-state index in [4.69, 9.17) is 15.6 Å². The van der Waals surface area contributed by atoms with Gasteiger partial charge in [-0.3, -0.25) is 19.7 Å². The van der Waals surface area contributed by atoms with Gasteiger partial charge in [0.15, 0.2) is 6.10 Å². The Morgan fingerprint density at radius 1 is 1.27 bits per heavy atom. The largest absolute Gasteiger partial charge is 0.480 e. The van der Waals surface area contributed by atoms with E-state index in [-0.39, 0.29) is 18.8 Å². The molecule has 2 aromatic carbocycles. The van der Waals surface area contributed by atoms with Crippen molar-refractivity contribution in [2.24, 2.45) is 5.73 Å². The molecule has 1 aliphatic rings. The van der Waals surface area contributed by atoms with Gasteiger partial charge in [0.1, 0.15) is 11.8 Å². The first-order valence-electron chi connectivity index (χ1n) is 9.22. The number of hydrogen-bond donors (Lipinski definition) is 5. The van der Waals surface area contributed by atoms with Crippen LogP contribution in [0.1, 0.15) is 12.0 Å². The number of nitrogens with zero attached hydrogens (tertiary/aromatic N) is 1. The molecule has 30 heavy (non-hydrogen) atoms. The van der Waals surface area contributed by atoms with Crippen molar-refractivity contribution in [1.82, 2.24) is 9.97 Å². The van der Waals surface area contributed by atoms with Crippen LogP contribution in [0.5, 0.6) is 5.75 Å². The number of fused-ring (bicyclic) bond motifs is 2. The van der Waals surface area contributed by atoms with Crippen molar-refractivity contribution in [3.63, 3.8) is 0 Å². The number of aromatic nitrogens is 2. The van der Waals surface area contributed by atoms with Crippen LogP contribution in [0.4, 0.5) is 11.6 Å². The lowest BCUT2D eigenvalue weighted by molar-refractivity contribution is -0.138. The van der Waals surface area contributed by atoms with E-state index in [9.17, 15) is 14.4 Å². The number of aromatic amines is 1. The summed E-state index contributed by atoms with van der Waals surface area (Å²) >= 11 is 0. The Hall–Kier alpha value is -3.92. The van der Waals surface area contributed by atoms with Crippen LogP contribution < -0.4 is 21.1 Å². The molecule has 1 unspecified atom stereocenters. The lowest BCUT2D eigenvalue weighted by Gasteiger charge is -2.26. The number of carboxylic acid groups (broad SMARTS) is 1. The Balaban J connectivity index is 1.41. The molecule has 154 valence electrons. The van der Waals surface area contributed by atoms with Crippen molar-refractivity contribution in [2.75, 3.05) is 10.6 Å². The number of aliphatic carboxylic acids is 1. The quantitative estimate of drug-likeness (QED) is 0.409. The van der Waals surface area contributed by atoms with Gasteiger partial charge in [-0.05, 0) is 36.2 Å². The van der Waals surface area contributed by atoms with E-state index < -0.39 is 29.9 Å². The number of nitrogens with two attached hydrogens (primary N) is 1. The fraction of sp³-hybridized carbons (Fsp3) is 0.200. The maximum Gasteiger partial charge on any atom is 0.320 e. The highest BCUT2D eigenvalue weighted by molar-refractivity contribution is 6.02. The van der Waals surface area contributed by atoms with E-state index in [0.29, 0.717) is 22.5 Å². The van der Waals surface area contributed by atoms with E-state index in [1.165, 1.54) is 0 Å². The number of carbonyl (C=O) groups is 3. The first-order chi connectivity index (χ1) is 14.4. The van der Waals surface area contributed by atoms with Crippen molar-refractivity contribution in [2.45, 2.75) is 25.0 Å². The van der Waals surface area contributed by atoms with Crippen molar-refractivity contribution in [3.8, 4) is 5.75 Å². The summed E-state index contributed by atoms with van der Waals surface area (Å²) in [7, 11) is 0. The molecular formula is C20H19N5O5. The van der Waals surface area contributed by atoms with Gasteiger partial charge in [0.25, 0.3) is 5.91 Å². The molecule has 4 rings (SSSR count). The predicted octanol–water partition coefficient (Wildman–Crippen LogP) is 1.25. The predicted molar refractivity (Wildman–Crippen MR) is 108 cm³/mol. The lowest BCUT2D eigenvalue weighted by Crippen LogP contribution is -2.39. The second-order valence-electron chi connectivity index (χ2n) is 6.93. The van der Waals surface area contributed by atoms with Crippen LogP contribution >= 0.6 is 0 Å². The molecule has 0 saturated carbocycles. The Kier molecular flexibility index (Phi) is 5.07. The van der Waals surface area contributed by atoms with Crippen LogP contribution in [0.3, 0.4) is 0 Å². The Bertz CT molecular complexity index is 1110. The summed E-state index contributed by atoms with van der Waals surface area (Å²) in [4.78, 5) is 42.9. The van der Waals surface area contributed by atoms with Crippen LogP contribution in [-0.2, 0) is 20.8 Å². The molecule has 0 fully saturated rings. The van der Waals surface area contributed by atoms with Crippen LogP contribution in [0.15, 0.2) is 42.5 Å². The summed E-state index contributed by atoms with van der Waals surface area (Å²) in [6, 6.07) is 11.2. The fourth-order valence-corrected chi connectivity index (χ4v) is 3.16. The van der Waals surface area contributed by atoms with Gasteiger partial charge in [-0.2, -0.15) is 0 Å². The number of benzene rings is 2. The molecule has 10 heteroatoms. The molecular weight excluding hydrogens is 390 g/mol. The molecule has 0 aliphatic carbocycles. The number of hydrogen-bond acceptors (Lipinski definition) is 6. The molecule has 2 amide bonds. The Morgan fingerprint density at radius 3 is 2.83 bits per heavy atom. The summed E-state index contributed by atoms with van der Waals surface area (Å²) in [5.74, 6) is -1.33. The maximum absolute atomic E-state index is 12.4. The molecule has 3 aromatic rings. The van der Waals surface area contributed by atoms with E-state index in [0.717, 1.165) is 5.52 Å². The van der Waals surface area contributed by atoms with Crippen LogP contribution in [0, 0.1) is 0 Å². The third-order valence-electron chi connectivity index (χ3n) is 4.65. The minimum Gasteiger partial charge on any atom is -0.480 e. The van der Waals surface area contributed by atoms with Crippen molar-refractivity contribution in [1.29, 1.82) is 0 Å². The highest BCUT2D eigenvalue weighted by atomic mass is 16.5. The number of rotatable bonds is 6. The van der Waals surface area contributed by atoms with Gasteiger partial charge in [-0.15, -0.1) is 0 Å². The topological polar surface area (TPSA) is 159 Å². The molecule has 1 aliphatic heterocycles. The van der Waals surface area contributed by atoms with Crippen molar-refractivity contribution >= 4 is 40.5 Å². The number of amides is 2. The molecule has 2 heterocycles. The number of imidazole rings is 1. The smallest absolute Gasteiger partial charge is 0.320 e. The third kappa shape index (κ3) is 4.08. The third-order valence-corrected chi connectivity index (χ3v) is 4.65. The van der Waals surface area contributed by atoms with Gasteiger partial charge >= 0.3 is 5.97 Å². The SMILES string of the molecule is N[C@@H](Cc1ccc2c(c1)NC(=O)C(CC(=O)Nc1nc3ccccc3[nH]1)O2)C(=O)O. The normalized spacial score (nSPS) is 16.3. The summed E-state index contributed by atoms with van der Waals surface area (Å²) in [5, 5.41) is 14.2. The number of H-pyrrole nitrogens is 1. The Morgan fingerprint density at radius 2 is 2.07 bits per heavy atom. The molecule has 1 aromatic heterocycles.